The van der Waals surface area contributed by atoms with Gasteiger partial charge in [-0.05, 0) is 18.9 Å². The summed E-state index contributed by atoms with van der Waals surface area (Å²) in [6.07, 6.45) is 1.18. The maximum Gasteiger partial charge on any atom is 0.250 e. The van der Waals surface area contributed by atoms with Crippen LogP contribution >= 0.6 is 0 Å². The maximum atomic E-state index is 11.8. The van der Waals surface area contributed by atoms with Crippen LogP contribution in [0.15, 0.2) is 24.3 Å². The monoisotopic (exact) mass is 244 g/mol. The van der Waals surface area contributed by atoms with Crippen molar-refractivity contribution in [2.24, 2.45) is 0 Å². The molecule has 0 fully saturated rings. The third-order valence-electron chi connectivity index (χ3n) is 2.72. The fraction of sp³-hybridized carbons (Fsp3) is 0.308. The molecule has 0 atom stereocenters. The summed E-state index contributed by atoms with van der Waals surface area (Å²) < 4.78 is 1.19. The lowest BCUT2D eigenvalue weighted by Crippen LogP contribution is -2.14. The molecule has 1 heterocycles. The second kappa shape index (κ2) is 5.00. The predicted molar refractivity (Wildman–Crippen MR) is 70.1 cm³/mol. The molecule has 0 saturated heterocycles. The maximum absolute atomic E-state index is 11.8. The highest BCUT2D eigenvalue weighted by molar-refractivity contribution is 5.81. The average Bonchev–Trinajstić information content (AvgIpc) is 2.72. The van der Waals surface area contributed by atoms with E-state index in [1.807, 2.05) is 38.1 Å². The van der Waals surface area contributed by atoms with Gasteiger partial charge in [-0.3, -0.25) is 4.79 Å². The summed E-state index contributed by atoms with van der Waals surface area (Å²) >= 11 is 0. The van der Waals surface area contributed by atoms with Crippen LogP contribution in [0.2, 0.25) is 0 Å². The number of nitrogens with two attached hydrogens (primary N) is 1. The normalized spacial score (nSPS) is 10.6. The van der Waals surface area contributed by atoms with E-state index in [9.17, 15) is 4.79 Å². The Morgan fingerprint density at radius 1 is 1.39 bits per heavy atom. The lowest BCUT2D eigenvalue weighted by molar-refractivity contribution is 0.0889. The van der Waals surface area contributed by atoms with Gasteiger partial charge in [0, 0.05) is 12.0 Å². The zero-order chi connectivity index (χ0) is 13.1. The quantitative estimate of drug-likeness (QED) is 0.898. The number of carbonyl (C=O) groups excluding carboxylic acids is 1. The molecule has 0 bridgehead atoms. The zero-order valence-electron chi connectivity index (χ0n) is 10.6. The molecule has 2 aromatic rings. The molecule has 5 heteroatoms. The molecule has 18 heavy (non-hydrogen) atoms. The zero-order valence-corrected chi connectivity index (χ0v) is 10.6. The van der Waals surface area contributed by atoms with E-state index >= 15 is 0 Å². The van der Waals surface area contributed by atoms with Gasteiger partial charge in [-0.15, -0.1) is 5.10 Å². The minimum atomic E-state index is -0.123. The first-order valence-corrected chi connectivity index (χ1v) is 5.95. The predicted octanol–water partition coefficient (Wildman–Crippen LogP) is 2.28. The number of hydrogen-bond donors (Lipinski definition) is 1. The van der Waals surface area contributed by atoms with E-state index in [1.54, 1.807) is 0 Å². The summed E-state index contributed by atoms with van der Waals surface area (Å²) in [7, 11) is 0. The van der Waals surface area contributed by atoms with Gasteiger partial charge >= 0.3 is 0 Å². The van der Waals surface area contributed by atoms with E-state index in [0.29, 0.717) is 12.2 Å². The smallest absolute Gasteiger partial charge is 0.250 e. The molecule has 0 aliphatic rings. The molecule has 2 rings (SSSR count). The van der Waals surface area contributed by atoms with E-state index in [0.717, 1.165) is 17.5 Å². The summed E-state index contributed by atoms with van der Waals surface area (Å²) in [4.78, 5) is 15.9. The highest BCUT2D eigenvalue weighted by Gasteiger charge is 2.15. The lowest BCUT2D eigenvalue weighted by Gasteiger charge is -2.00. The van der Waals surface area contributed by atoms with E-state index in [2.05, 4.69) is 10.1 Å². The van der Waals surface area contributed by atoms with Gasteiger partial charge in [0.05, 0.1) is 0 Å². The van der Waals surface area contributed by atoms with Crippen LogP contribution in [0.1, 0.15) is 30.1 Å². The molecule has 0 amide bonds. The first kappa shape index (κ1) is 12.3. The second-order valence-electron chi connectivity index (χ2n) is 4.16. The molecule has 5 nitrogen and oxygen atoms in total. The minimum absolute atomic E-state index is 0.123. The van der Waals surface area contributed by atoms with E-state index in [1.165, 1.54) is 4.68 Å². The van der Waals surface area contributed by atoms with Crippen LogP contribution in [0.4, 0.5) is 5.95 Å². The molecule has 1 aromatic heterocycles. The Morgan fingerprint density at radius 2 is 2.11 bits per heavy atom. The molecular weight excluding hydrogens is 228 g/mol. The fourth-order valence-corrected chi connectivity index (χ4v) is 1.77. The van der Waals surface area contributed by atoms with Gasteiger partial charge in [0.1, 0.15) is 0 Å². The summed E-state index contributed by atoms with van der Waals surface area (Å²) in [5.74, 6) is 0.518. The number of rotatable bonds is 3. The summed E-state index contributed by atoms with van der Waals surface area (Å²) in [5, 5.41) is 4.19. The Hall–Kier alpha value is -2.17. The Labute approximate surface area is 106 Å². The van der Waals surface area contributed by atoms with Crippen molar-refractivity contribution in [1.29, 1.82) is 0 Å². The third-order valence-corrected chi connectivity index (χ3v) is 2.72. The number of carbonyl (C=O) groups is 1. The Morgan fingerprint density at radius 3 is 2.78 bits per heavy atom. The number of aryl methyl sites for hydroxylation is 1. The van der Waals surface area contributed by atoms with Crippen molar-refractivity contribution in [3.05, 3.63) is 29.8 Å². The topological polar surface area (TPSA) is 73.8 Å². The Kier molecular flexibility index (Phi) is 3.41. The molecule has 94 valence electrons. The SMILES string of the molecule is CCCC(=O)n1nc(-c2ccccc2C)nc1N. The first-order valence-electron chi connectivity index (χ1n) is 5.95. The molecule has 0 radical (unpaired) electrons. The first-order chi connectivity index (χ1) is 8.63. The van der Waals surface area contributed by atoms with Crippen molar-refractivity contribution in [1.82, 2.24) is 14.8 Å². The number of aromatic nitrogens is 3. The van der Waals surface area contributed by atoms with Crippen LogP contribution < -0.4 is 5.73 Å². The van der Waals surface area contributed by atoms with Crippen molar-refractivity contribution in [3.8, 4) is 11.4 Å². The molecular formula is C13H16N4O. The van der Waals surface area contributed by atoms with Gasteiger partial charge < -0.3 is 5.73 Å². The standard InChI is InChI=1S/C13H16N4O/c1-3-6-11(18)17-13(14)15-12(16-17)10-8-5-4-7-9(10)2/h4-5,7-8H,3,6H2,1-2H3,(H2,14,15,16). The molecule has 0 aliphatic carbocycles. The van der Waals surface area contributed by atoms with Crippen molar-refractivity contribution < 1.29 is 4.79 Å². The molecule has 1 aromatic carbocycles. The van der Waals surface area contributed by atoms with E-state index < -0.39 is 0 Å². The van der Waals surface area contributed by atoms with Crippen LogP contribution in [0, 0.1) is 6.92 Å². The number of nitrogen functional groups attached to an aromatic ring is 1. The van der Waals surface area contributed by atoms with Gasteiger partial charge in [-0.2, -0.15) is 9.67 Å². The van der Waals surface area contributed by atoms with Crippen LogP contribution in [-0.4, -0.2) is 20.7 Å². The summed E-state index contributed by atoms with van der Waals surface area (Å²) in [5.41, 5.74) is 7.68. The van der Waals surface area contributed by atoms with Crippen LogP contribution in [0.3, 0.4) is 0 Å². The largest absolute Gasteiger partial charge is 0.368 e. The molecule has 2 N–H and O–H groups in total. The van der Waals surface area contributed by atoms with Gasteiger partial charge in [0.15, 0.2) is 5.82 Å². The number of benzene rings is 1. The summed E-state index contributed by atoms with van der Waals surface area (Å²) in [6, 6.07) is 7.74. The van der Waals surface area contributed by atoms with Gasteiger partial charge in [-0.1, -0.05) is 31.2 Å². The Bertz CT molecular complexity index is 574. The molecule has 0 aliphatic heterocycles. The highest BCUT2D eigenvalue weighted by atomic mass is 16.2. The average molecular weight is 244 g/mol. The Balaban J connectivity index is 2.41. The number of anilines is 1. The van der Waals surface area contributed by atoms with Gasteiger partial charge in [0.25, 0.3) is 0 Å². The summed E-state index contributed by atoms with van der Waals surface area (Å²) in [6.45, 7) is 3.91. The lowest BCUT2D eigenvalue weighted by atomic mass is 10.1. The van der Waals surface area contributed by atoms with E-state index in [4.69, 9.17) is 5.73 Å². The van der Waals surface area contributed by atoms with Crippen molar-refractivity contribution >= 4 is 11.9 Å². The minimum Gasteiger partial charge on any atom is -0.368 e. The molecule has 0 spiro atoms. The van der Waals surface area contributed by atoms with Crippen LogP contribution in [0.25, 0.3) is 11.4 Å². The van der Waals surface area contributed by atoms with Crippen LogP contribution in [0.5, 0.6) is 0 Å². The van der Waals surface area contributed by atoms with Crippen molar-refractivity contribution in [3.63, 3.8) is 0 Å². The number of nitrogens with zero attached hydrogens (tertiary/aromatic N) is 3. The molecule has 0 saturated carbocycles. The molecule has 0 unspecified atom stereocenters. The highest BCUT2D eigenvalue weighted by Crippen LogP contribution is 2.20. The van der Waals surface area contributed by atoms with E-state index in [-0.39, 0.29) is 11.9 Å². The second-order valence-corrected chi connectivity index (χ2v) is 4.16. The number of hydrogen-bond acceptors (Lipinski definition) is 4. The fourth-order valence-electron chi connectivity index (χ4n) is 1.77. The van der Waals surface area contributed by atoms with Crippen LogP contribution in [-0.2, 0) is 0 Å². The third kappa shape index (κ3) is 2.25. The van der Waals surface area contributed by atoms with Gasteiger partial charge in [-0.25, -0.2) is 0 Å². The van der Waals surface area contributed by atoms with Gasteiger partial charge in [0.2, 0.25) is 11.9 Å². The van der Waals surface area contributed by atoms with Crippen molar-refractivity contribution in [2.75, 3.05) is 5.73 Å². The van der Waals surface area contributed by atoms with Crippen molar-refractivity contribution in [2.45, 2.75) is 26.7 Å².